The minimum atomic E-state index is -0.300. The maximum atomic E-state index is 13.8. The Bertz CT molecular complexity index is 1130. The number of benzene rings is 3. The van der Waals surface area contributed by atoms with Crippen LogP contribution in [0.5, 0.6) is 0 Å². The van der Waals surface area contributed by atoms with Gasteiger partial charge in [-0.05, 0) is 35.9 Å². The lowest BCUT2D eigenvalue weighted by molar-refractivity contribution is 0.626. The van der Waals surface area contributed by atoms with E-state index in [4.69, 9.17) is 10.2 Å². The van der Waals surface area contributed by atoms with Gasteiger partial charge in [-0.1, -0.05) is 48.5 Å². The molecule has 3 aromatic carbocycles. The van der Waals surface area contributed by atoms with Gasteiger partial charge in [0.05, 0.1) is 23.0 Å². The number of rotatable bonds is 5. The quantitative estimate of drug-likeness (QED) is 0.529. The van der Waals surface area contributed by atoms with Crippen molar-refractivity contribution in [2.24, 2.45) is 0 Å². The van der Waals surface area contributed by atoms with Crippen molar-refractivity contribution < 1.29 is 4.39 Å². The Labute approximate surface area is 162 Å². The van der Waals surface area contributed by atoms with E-state index in [0.717, 1.165) is 16.8 Å². The van der Waals surface area contributed by atoms with E-state index in [2.05, 4.69) is 11.4 Å². The summed E-state index contributed by atoms with van der Waals surface area (Å²) < 4.78 is 15.6. The number of anilines is 1. The second-order valence-corrected chi connectivity index (χ2v) is 6.33. The molecule has 0 bridgehead atoms. The van der Waals surface area contributed by atoms with Gasteiger partial charge in [0.2, 0.25) is 5.95 Å². The summed E-state index contributed by atoms with van der Waals surface area (Å²) in [5.41, 5.74) is 4.12. The van der Waals surface area contributed by atoms with Crippen LogP contribution in [0, 0.1) is 17.1 Å². The summed E-state index contributed by atoms with van der Waals surface area (Å²) in [7, 11) is 0. The molecule has 0 aliphatic carbocycles. The fourth-order valence-electron chi connectivity index (χ4n) is 2.95. The zero-order valence-corrected chi connectivity index (χ0v) is 15.0. The maximum absolute atomic E-state index is 13.8. The average molecular weight is 368 g/mol. The number of hydrogen-bond donors (Lipinski definition) is 1. The Hall–Kier alpha value is -3.91. The van der Waals surface area contributed by atoms with Gasteiger partial charge in [0.1, 0.15) is 5.82 Å². The van der Waals surface area contributed by atoms with E-state index in [-0.39, 0.29) is 5.82 Å². The van der Waals surface area contributed by atoms with Crippen molar-refractivity contribution in [1.82, 2.24) is 9.55 Å². The van der Waals surface area contributed by atoms with Gasteiger partial charge < -0.3 is 5.32 Å². The predicted molar refractivity (Wildman–Crippen MR) is 107 cm³/mol. The molecule has 0 amide bonds. The van der Waals surface area contributed by atoms with E-state index in [1.165, 1.54) is 12.1 Å². The molecule has 0 spiro atoms. The van der Waals surface area contributed by atoms with Gasteiger partial charge in [0.25, 0.3) is 0 Å². The normalized spacial score (nSPS) is 10.4. The molecule has 1 heterocycles. The minimum absolute atomic E-state index is 0.300. The molecule has 0 radical (unpaired) electrons. The number of nitrogens with zero attached hydrogens (tertiary/aromatic N) is 3. The van der Waals surface area contributed by atoms with Crippen molar-refractivity contribution in [2.75, 3.05) is 5.32 Å². The molecule has 5 heteroatoms. The first kappa shape index (κ1) is 17.5. The first-order valence-corrected chi connectivity index (χ1v) is 8.86. The van der Waals surface area contributed by atoms with Crippen molar-refractivity contribution >= 4 is 5.95 Å². The van der Waals surface area contributed by atoms with Gasteiger partial charge in [-0.3, -0.25) is 4.57 Å². The first-order valence-electron chi connectivity index (χ1n) is 8.86. The van der Waals surface area contributed by atoms with Crippen molar-refractivity contribution in [3.8, 4) is 23.0 Å². The van der Waals surface area contributed by atoms with Crippen LogP contribution in [0.3, 0.4) is 0 Å². The second kappa shape index (κ2) is 7.77. The second-order valence-electron chi connectivity index (χ2n) is 6.33. The predicted octanol–water partition coefficient (Wildman–Crippen LogP) is 5.16. The summed E-state index contributed by atoms with van der Waals surface area (Å²) in [5, 5.41) is 12.2. The highest BCUT2D eigenvalue weighted by Gasteiger charge is 2.11. The van der Waals surface area contributed by atoms with Crippen molar-refractivity contribution in [3.63, 3.8) is 0 Å². The summed E-state index contributed by atoms with van der Waals surface area (Å²) in [4.78, 5) is 4.71. The van der Waals surface area contributed by atoms with Gasteiger partial charge in [-0.2, -0.15) is 5.26 Å². The van der Waals surface area contributed by atoms with Crippen LogP contribution < -0.4 is 5.32 Å². The summed E-state index contributed by atoms with van der Waals surface area (Å²) in [6.45, 7) is 0.534. The molecule has 4 aromatic rings. The number of nitrogens with one attached hydrogen (secondary N) is 1. The zero-order valence-electron chi connectivity index (χ0n) is 15.0. The molecule has 0 saturated heterocycles. The largest absolute Gasteiger partial charge is 0.351 e. The number of imidazole rings is 1. The van der Waals surface area contributed by atoms with Crippen molar-refractivity contribution in [1.29, 1.82) is 5.26 Å². The number of nitriles is 1. The number of aromatic nitrogens is 2. The van der Waals surface area contributed by atoms with Gasteiger partial charge in [0.15, 0.2) is 0 Å². The van der Waals surface area contributed by atoms with Crippen LogP contribution in [-0.2, 0) is 6.54 Å². The van der Waals surface area contributed by atoms with Gasteiger partial charge in [-0.25, -0.2) is 9.37 Å². The summed E-state index contributed by atoms with van der Waals surface area (Å²) in [6, 6.07) is 25.7. The Morgan fingerprint density at radius 3 is 2.46 bits per heavy atom. The van der Waals surface area contributed by atoms with E-state index in [1.807, 2.05) is 59.3 Å². The highest BCUT2D eigenvalue weighted by atomic mass is 19.1. The van der Waals surface area contributed by atoms with Gasteiger partial charge >= 0.3 is 0 Å². The Morgan fingerprint density at radius 1 is 0.964 bits per heavy atom. The van der Waals surface area contributed by atoms with Crippen molar-refractivity contribution in [2.45, 2.75) is 6.54 Å². The summed E-state index contributed by atoms with van der Waals surface area (Å²) in [6.07, 6.45) is 1.89. The molecule has 136 valence electrons. The lowest BCUT2D eigenvalue weighted by Crippen LogP contribution is -2.06. The average Bonchev–Trinajstić information content (AvgIpc) is 3.18. The van der Waals surface area contributed by atoms with Crippen LogP contribution in [0.25, 0.3) is 16.9 Å². The van der Waals surface area contributed by atoms with E-state index < -0.39 is 0 Å². The molecule has 1 N–H and O–H groups in total. The third-order valence-corrected chi connectivity index (χ3v) is 4.40. The molecule has 1 aromatic heterocycles. The molecular formula is C23H17FN4. The summed E-state index contributed by atoms with van der Waals surface area (Å²) >= 11 is 0. The van der Waals surface area contributed by atoms with E-state index >= 15 is 0 Å². The molecule has 0 aliphatic rings. The smallest absolute Gasteiger partial charge is 0.208 e. The number of halogens is 1. The molecule has 0 aliphatic heterocycles. The minimum Gasteiger partial charge on any atom is -0.351 e. The molecule has 0 saturated carbocycles. The molecule has 4 nitrogen and oxygen atoms in total. The van der Waals surface area contributed by atoms with Crippen molar-refractivity contribution in [3.05, 3.63) is 102 Å². The number of hydrogen-bond acceptors (Lipinski definition) is 3. The molecular weight excluding hydrogens is 351 g/mol. The monoisotopic (exact) mass is 368 g/mol. The van der Waals surface area contributed by atoms with Crippen LogP contribution in [-0.4, -0.2) is 9.55 Å². The van der Waals surface area contributed by atoms with Crippen LogP contribution in [0.1, 0.15) is 11.1 Å². The standard InChI is InChI=1S/C23H17FN4/c24-20-7-4-8-21(13-20)28-16-22(19-5-2-1-3-6-19)27-23(28)26-15-18-11-9-17(14-25)10-12-18/h1-13,16H,15H2,(H,26,27). The Kier molecular flexibility index (Phi) is 4.85. The van der Waals surface area contributed by atoms with Gasteiger partial charge in [-0.15, -0.1) is 0 Å². The summed E-state index contributed by atoms with van der Waals surface area (Å²) in [5.74, 6) is 0.319. The van der Waals surface area contributed by atoms with Crippen LogP contribution >= 0.6 is 0 Å². The van der Waals surface area contributed by atoms with Crippen LogP contribution in [0.2, 0.25) is 0 Å². The van der Waals surface area contributed by atoms with E-state index in [9.17, 15) is 4.39 Å². The lowest BCUT2D eigenvalue weighted by atomic mass is 10.1. The first-order chi connectivity index (χ1) is 13.7. The molecule has 4 rings (SSSR count). The SMILES string of the molecule is N#Cc1ccc(CNc2nc(-c3ccccc3)cn2-c2cccc(F)c2)cc1. The Balaban J connectivity index is 1.67. The highest BCUT2D eigenvalue weighted by molar-refractivity contribution is 5.62. The van der Waals surface area contributed by atoms with E-state index in [0.29, 0.717) is 23.7 Å². The molecule has 0 unspecified atom stereocenters. The third kappa shape index (κ3) is 3.76. The topological polar surface area (TPSA) is 53.6 Å². The molecule has 0 atom stereocenters. The Morgan fingerprint density at radius 2 is 1.75 bits per heavy atom. The molecule has 0 fully saturated rings. The zero-order chi connectivity index (χ0) is 19.3. The highest BCUT2D eigenvalue weighted by Crippen LogP contribution is 2.25. The maximum Gasteiger partial charge on any atom is 0.208 e. The fourth-order valence-corrected chi connectivity index (χ4v) is 2.95. The molecule has 28 heavy (non-hydrogen) atoms. The van der Waals surface area contributed by atoms with Crippen LogP contribution in [0.4, 0.5) is 10.3 Å². The van der Waals surface area contributed by atoms with Crippen LogP contribution in [0.15, 0.2) is 85.1 Å². The van der Waals surface area contributed by atoms with Gasteiger partial charge in [0, 0.05) is 18.3 Å². The van der Waals surface area contributed by atoms with E-state index in [1.54, 1.807) is 18.2 Å². The lowest BCUT2D eigenvalue weighted by Gasteiger charge is -2.10. The third-order valence-electron chi connectivity index (χ3n) is 4.40. The fraction of sp³-hybridized carbons (Fsp3) is 0.0435.